The molecule has 0 aromatic carbocycles. The molecule has 2 fully saturated rings. The minimum Gasteiger partial charge on any atom is -0.316 e. The Morgan fingerprint density at radius 2 is 1.94 bits per heavy atom. The van der Waals surface area contributed by atoms with Crippen molar-refractivity contribution in [2.24, 2.45) is 23.2 Å². The van der Waals surface area contributed by atoms with Gasteiger partial charge < -0.3 is 5.32 Å². The molecule has 1 nitrogen and oxygen atoms in total. The van der Waals surface area contributed by atoms with E-state index in [-0.39, 0.29) is 0 Å². The molecule has 1 heteroatoms. The molecule has 2 saturated carbocycles. The Bertz CT molecular complexity index is 213. The van der Waals surface area contributed by atoms with E-state index in [0.29, 0.717) is 5.41 Å². The van der Waals surface area contributed by atoms with Crippen molar-refractivity contribution in [2.75, 3.05) is 13.1 Å². The first kappa shape index (κ1) is 12.4. The molecule has 0 heterocycles. The minimum atomic E-state index is 0.679. The topological polar surface area (TPSA) is 12.0 Å². The largest absolute Gasteiger partial charge is 0.316 e. The zero-order valence-corrected chi connectivity index (χ0v) is 11.4. The summed E-state index contributed by atoms with van der Waals surface area (Å²) in [6.45, 7) is 9.54. The van der Waals surface area contributed by atoms with Gasteiger partial charge in [0.1, 0.15) is 0 Å². The second-order valence-electron chi connectivity index (χ2n) is 6.56. The maximum Gasteiger partial charge on any atom is 0.000811 e. The molecule has 0 aliphatic heterocycles. The SMILES string of the molecule is CCCNCC1(CC(C)CC)CC2CC2C1. The van der Waals surface area contributed by atoms with E-state index in [1.807, 2.05) is 0 Å². The van der Waals surface area contributed by atoms with Gasteiger partial charge in [0.25, 0.3) is 0 Å². The summed E-state index contributed by atoms with van der Waals surface area (Å²) in [5.74, 6) is 3.15. The van der Waals surface area contributed by atoms with Gasteiger partial charge in [-0.15, -0.1) is 0 Å². The van der Waals surface area contributed by atoms with Gasteiger partial charge in [-0.25, -0.2) is 0 Å². The lowest BCUT2D eigenvalue weighted by atomic mass is 9.75. The molecule has 16 heavy (non-hydrogen) atoms. The van der Waals surface area contributed by atoms with Crippen molar-refractivity contribution in [3.05, 3.63) is 0 Å². The Morgan fingerprint density at radius 3 is 2.50 bits per heavy atom. The van der Waals surface area contributed by atoms with E-state index in [9.17, 15) is 0 Å². The highest BCUT2D eigenvalue weighted by atomic mass is 14.9. The van der Waals surface area contributed by atoms with Gasteiger partial charge in [-0.05, 0) is 61.8 Å². The monoisotopic (exact) mass is 223 g/mol. The van der Waals surface area contributed by atoms with Crippen LogP contribution in [-0.2, 0) is 0 Å². The predicted octanol–water partition coefficient (Wildman–Crippen LogP) is 3.84. The van der Waals surface area contributed by atoms with Crippen LogP contribution >= 0.6 is 0 Å². The van der Waals surface area contributed by atoms with Gasteiger partial charge in [-0.2, -0.15) is 0 Å². The van der Waals surface area contributed by atoms with Crippen LogP contribution in [0.1, 0.15) is 59.3 Å². The molecule has 0 bridgehead atoms. The molecule has 3 unspecified atom stereocenters. The van der Waals surface area contributed by atoms with Gasteiger partial charge >= 0.3 is 0 Å². The molecule has 3 atom stereocenters. The van der Waals surface area contributed by atoms with Crippen LogP contribution in [0.5, 0.6) is 0 Å². The van der Waals surface area contributed by atoms with Crippen molar-refractivity contribution in [3.63, 3.8) is 0 Å². The van der Waals surface area contributed by atoms with Crippen LogP contribution in [-0.4, -0.2) is 13.1 Å². The molecular weight excluding hydrogens is 194 g/mol. The van der Waals surface area contributed by atoms with Crippen LogP contribution < -0.4 is 5.32 Å². The molecule has 2 aliphatic carbocycles. The fourth-order valence-corrected chi connectivity index (χ4v) is 3.80. The highest BCUT2D eigenvalue weighted by Crippen LogP contribution is 2.61. The molecular formula is C15H29N. The van der Waals surface area contributed by atoms with E-state index in [4.69, 9.17) is 0 Å². The van der Waals surface area contributed by atoms with E-state index in [2.05, 4.69) is 26.1 Å². The predicted molar refractivity (Wildman–Crippen MR) is 70.5 cm³/mol. The van der Waals surface area contributed by atoms with E-state index in [0.717, 1.165) is 17.8 Å². The fraction of sp³-hybridized carbons (Fsp3) is 1.00. The van der Waals surface area contributed by atoms with Gasteiger partial charge in [0.2, 0.25) is 0 Å². The Balaban J connectivity index is 1.85. The average molecular weight is 223 g/mol. The van der Waals surface area contributed by atoms with Crippen molar-refractivity contribution in [3.8, 4) is 0 Å². The summed E-state index contributed by atoms with van der Waals surface area (Å²) in [7, 11) is 0. The van der Waals surface area contributed by atoms with Gasteiger partial charge in [-0.3, -0.25) is 0 Å². The highest BCUT2D eigenvalue weighted by molar-refractivity contribution is 5.04. The summed E-state index contributed by atoms with van der Waals surface area (Å²) < 4.78 is 0. The minimum absolute atomic E-state index is 0.679. The highest BCUT2D eigenvalue weighted by Gasteiger charge is 2.53. The van der Waals surface area contributed by atoms with Crippen molar-refractivity contribution >= 4 is 0 Å². The van der Waals surface area contributed by atoms with Crippen molar-refractivity contribution in [1.82, 2.24) is 5.32 Å². The number of fused-ring (bicyclic) bond motifs is 1. The Hall–Kier alpha value is -0.0400. The number of hydrogen-bond donors (Lipinski definition) is 1. The zero-order chi connectivity index (χ0) is 11.6. The van der Waals surface area contributed by atoms with Crippen molar-refractivity contribution in [2.45, 2.75) is 59.3 Å². The number of nitrogens with one attached hydrogen (secondary N) is 1. The molecule has 2 rings (SSSR count). The smallest absolute Gasteiger partial charge is 0.000811 e. The molecule has 94 valence electrons. The lowest BCUT2D eigenvalue weighted by Crippen LogP contribution is -2.35. The maximum absolute atomic E-state index is 3.69. The summed E-state index contributed by atoms with van der Waals surface area (Å²) in [5, 5.41) is 3.69. The Kier molecular flexibility index (Phi) is 3.94. The second kappa shape index (κ2) is 5.08. The third-order valence-corrected chi connectivity index (χ3v) is 4.86. The Morgan fingerprint density at radius 1 is 1.25 bits per heavy atom. The summed E-state index contributed by atoms with van der Waals surface area (Å²) in [6.07, 6.45) is 8.69. The van der Waals surface area contributed by atoms with Gasteiger partial charge in [0, 0.05) is 6.54 Å². The van der Waals surface area contributed by atoms with Crippen LogP contribution in [0.3, 0.4) is 0 Å². The molecule has 0 radical (unpaired) electrons. The van der Waals surface area contributed by atoms with E-state index < -0.39 is 0 Å². The maximum atomic E-state index is 3.69. The molecule has 0 amide bonds. The van der Waals surface area contributed by atoms with E-state index in [1.165, 1.54) is 45.2 Å². The van der Waals surface area contributed by atoms with Gasteiger partial charge in [-0.1, -0.05) is 27.2 Å². The van der Waals surface area contributed by atoms with Crippen LogP contribution in [0.15, 0.2) is 0 Å². The van der Waals surface area contributed by atoms with E-state index >= 15 is 0 Å². The molecule has 0 aromatic heterocycles. The summed E-state index contributed by atoms with van der Waals surface area (Å²) in [4.78, 5) is 0. The fourth-order valence-electron chi connectivity index (χ4n) is 3.80. The Labute approximate surface area is 101 Å². The third kappa shape index (κ3) is 2.80. The van der Waals surface area contributed by atoms with Crippen LogP contribution in [0.2, 0.25) is 0 Å². The molecule has 0 spiro atoms. The first-order chi connectivity index (χ1) is 7.69. The summed E-state index contributed by atoms with van der Waals surface area (Å²) in [5.41, 5.74) is 0.679. The summed E-state index contributed by atoms with van der Waals surface area (Å²) in [6, 6.07) is 0. The van der Waals surface area contributed by atoms with Crippen molar-refractivity contribution in [1.29, 1.82) is 0 Å². The third-order valence-electron chi connectivity index (χ3n) is 4.86. The van der Waals surface area contributed by atoms with Crippen LogP contribution in [0.4, 0.5) is 0 Å². The lowest BCUT2D eigenvalue weighted by molar-refractivity contribution is 0.193. The molecule has 0 aromatic rings. The molecule has 2 aliphatic rings. The molecule has 0 saturated heterocycles. The lowest BCUT2D eigenvalue weighted by Gasteiger charge is -2.34. The van der Waals surface area contributed by atoms with Crippen LogP contribution in [0.25, 0.3) is 0 Å². The first-order valence-corrected chi connectivity index (χ1v) is 7.40. The molecule has 1 N–H and O–H groups in total. The average Bonchev–Trinajstić information content (AvgIpc) is 2.87. The second-order valence-corrected chi connectivity index (χ2v) is 6.56. The standard InChI is InChI=1S/C15H29N/c1-4-6-16-11-15(8-12(3)5-2)9-13-7-14(13)10-15/h12-14,16H,4-11H2,1-3H3. The van der Waals surface area contributed by atoms with Crippen molar-refractivity contribution < 1.29 is 0 Å². The van der Waals surface area contributed by atoms with Gasteiger partial charge in [0.15, 0.2) is 0 Å². The van der Waals surface area contributed by atoms with E-state index in [1.54, 1.807) is 6.42 Å². The van der Waals surface area contributed by atoms with Gasteiger partial charge in [0.05, 0.1) is 0 Å². The number of rotatable bonds is 7. The quantitative estimate of drug-likeness (QED) is 0.647. The zero-order valence-electron chi connectivity index (χ0n) is 11.4. The number of hydrogen-bond acceptors (Lipinski definition) is 1. The normalized spacial score (nSPS) is 38.4. The first-order valence-electron chi connectivity index (χ1n) is 7.40. The summed E-state index contributed by atoms with van der Waals surface area (Å²) >= 11 is 0. The van der Waals surface area contributed by atoms with Crippen LogP contribution in [0, 0.1) is 23.2 Å².